The lowest BCUT2D eigenvalue weighted by Gasteiger charge is -2.08. The number of aromatic nitrogens is 2. The predicted molar refractivity (Wildman–Crippen MR) is 78.0 cm³/mol. The van der Waals surface area contributed by atoms with Crippen molar-refractivity contribution < 1.29 is 9.53 Å². The zero-order valence-corrected chi connectivity index (χ0v) is 12.5. The number of thiazole rings is 1. The van der Waals surface area contributed by atoms with Crippen molar-refractivity contribution in [1.82, 2.24) is 15.3 Å². The number of hydrogen-bond donors (Lipinski definition) is 1. The van der Waals surface area contributed by atoms with Gasteiger partial charge in [0.1, 0.15) is 5.01 Å². The molecule has 6 heteroatoms. The Morgan fingerprint density at radius 3 is 2.80 bits per heavy atom. The highest BCUT2D eigenvalue weighted by atomic mass is 32.1. The molecule has 0 fully saturated rings. The number of nitrogens with one attached hydrogen (secondary N) is 1. The first-order valence-corrected chi connectivity index (χ1v) is 7.24. The summed E-state index contributed by atoms with van der Waals surface area (Å²) in [6.07, 6.45) is 1.58. The third-order valence-electron chi connectivity index (χ3n) is 2.42. The lowest BCUT2D eigenvalue weighted by atomic mass is 10.2. The molecule has 0 saturated carbocycles. The van der Waals surface area contributed by atoms with Gasteiger partial charge in [-0.1, -0.05) is 0 Å². The molecular weight excluding hydrogens is 274 g/mol. The van der Waals surface area contributed by atoms with Crippen LogP contribution in [0.1, 0.15) is 34.9 Å². The minimum atomic E-state index is -0.165. The van der Waals surface area contributed by atoms with Crippen LogP contribution in [0, 0.1) is 6.92 Å². The number of rotatable bonds is 5. The molecule has 2 aromatic rings. The molecule has 5 nitrogen and oxygen atoms in total. The first-order chi connectivity index (χ1) is 9.54. The molecule has 106 valence electrons. The number of nitrogens with zero attached hydrogens (tertiary/aromatic N) is 2. The molecule has 1 amide bonds. The van der Waals surface area contributed by atoms with E-state index in [9.17, 15) is 4.79 Å². The van der Waals surface area contributed by atoms with Gasteiger partial charge in [0.15, 0.2) is 0 Å². The second-order valence-electron chi connectivity index (χ2n) is 4.62. The van der Waals surface area contributed by atoms with Crippen molar-refractivity contribution >= 4 is 17.2 Å². The molecule has 0 unspecified atom stereocenters. The van der Waals surface area contributed by atoms with Crippen molar-refractivity contribution in [3.63, 3.8) is 0 Å². The fourth-order valence-electron chi connectivity index (χ4n) is 1.57. The van der Waals surface area contributed by atoms with E-state index in [0.29, 0.717) is 18.0 Å². The zero-order valence-electron chi connectivity index (χ0n) is 11.7. The Labute approximate surface area is 122 Å². The van der Waals surface area contributed by atoms with Gasteiger partial charge in [-0.15, -0.1) is 11.3 Å². The quantitative estimate of drug-likeness (QED) is 0.919. The maximum Gasteiger partial charge on any atom is 0.253 e. The van der Waals surface area contributed by atoms with Crippen molar-refractivity contribution in [3.8, 4) is 5.88 Å². The van der Waals surface area contributed by atoms with Crippen LogP contribution in [-0.4, -0.2) is 22.0 Å². The molecule has 0 aliphatic heterocycles. The molecule has 0 radical (unpaired) electrons. The average molecular weight is 291 g/mol. The lowest BCUT2D eigenvalue weighted by molar-refractivity contribution is 0.0950. The van der Waals surface area contributed by atoms with Gasteiger partial charge >= 0.3 is 0 Å². The highest BCUT2D eigenvalue weighted by Gasteiger charge is 2.08. The van der Waals surface area contributed by atoms with E-state index in [1.54, 1.807) is 12.1 Å². The number of carbonyl (C=O) groups is 1. The maximum absolute atomic E-state index is 11.9. The van der Waals surface area contributed by atoms with Gasteiger partial charge in [-0.2, -0.15) is 0 Å². The molecule has 0 spiro atoms. The minimum Gasteiger partial charge on any atom is -0.475 e. The monoisotopic (exact) mass is 291 g/mol. The molecule has 0 bridgehead atoms. The van der Waals surface area contributed by atoms with Gasteiger partial charge in [0.25, 0.3) is 5.91 Å². The van der Waals surface area contributed by atoms with E-state index < -0.39 is 0 Å². The standard InChI is InChI=1S/C14H17N3O2S/c1-9(2)19-12-5-4-11(6-15-12)14(18)16-7-13-17-10(3)8-20-13/h4-6,8-9H,7H2,1-3H3,(H,16,18). The summed E-state index contributed by atoms with van der Waals surface area (Å²) in [7, 11) is 0. The molecule has 0 atom stereocenters. The fraction of sp³-hybridized carbons (Fsp3) is 0.357. The van der Waals surface area contributed by atoms with Crippen LogP contribution in [0.4, 0.5) is 0 Å². The van der Waals surface area contributed by atoms with E-state index in [0.717, 1.165) is 10.7 Å². The van der Waals surface area contributed by atoms with E-state index >= 15 is 0 Å². The topological polar surface area (TPSA) is 64.1 Å². The van der Waals surface area contributed by atoms with E-state index in [1.807, 2.05) is 26.2 Å². The number of pyridine rings is 1. The Balaban J connectivity index is 1.92. The molecule has 0 aromatic carbocycles. The minimum absolute atomic E-state index is 0.0651. The first-order valence-electron chi connectivity index (χ1n) is 6.36. The number of amides is 1. The van der Waals surface area contributed by atoms with Crippen molar-refractivity contribution in [3.05, 3.63) is 40.0 Å². The molecule has 20 heavy (non-hydrogen) atoms. The summed E-state index contributed by atoms with van der Waals surface area (Å²) in [5.41, 5.74) is 1.48. The summed E-state index contributed by atoms with van der Waals surface area (Å²) in [6, 6.07) is 3.40. The van der Waals surface area contributed by atoms with Crippen LogP contribution < -0.4 is 10.1 Å². The number of hydrogen-bond acceptors (Lipinski definition) is 5. The van der Waals surface area contributed by atoms with E-state index in [1.165, 1.54) is 17.5 Å². The van der Waals surface area contributed by atoms with Gasteiger partial charge in [-0.05, 0) is 26.8 Å². The lowest BCUT2D eigenvalue weighted by Crippen LogP contribution is -2.22. The first kappa shape index (κ1) is 14.5. The van der Waals surface area contributed by atoms with Crippen LogP contribution in [-0.2, 0) is 6.54 Å². The summed E-state index contributed by atoms with van der Waals surface area (Å²) in [6.45, 7) is 6.22. The molecule has 0 aliphatic rings. The van der Waals surface area contributed by atoms with Gasteiger partial charge < -0.3 is 10.1 Å². The molecule has 2 rings (SSSR count). The SMILES string of the molecule is Cc1csc(CNC(=O)c2ccc(OC(C)C)nc2)n1. The highest BCUT2D eigenvalue weighted by molar-refractivity contribution is 7.09. The smallest absolute Gasteiger partial charge is 0.253 e. The zero-order chi connectivity index (χ0) is 14.5. The molecule has 1 N–H and O–H groups in total. The second-order valence-corrected chi connectivity index (χ2v) is 5.56. The molecular formula is C14H17N3O2S. The Morgan fingerprint density at radius 2 is 2.25 bits per heavy atom. The van der Waals surface area contributed by atoms with Crippen LogP contribution in [0.2, 0.25) is 0 Å². The Hall–Kier alpha value is -1.95. The molecule has 0 aliphatic carbocycles. The van der Waals surface area contributed by atoms with Crippen LogP contribution in [0.3, 0.4) is 0 Å². The van der Waals surface area contributed by atoms with Crippen LogP contribution in [0.5, 0.6) is 5.88 Å². The largest absolute Gasteiger partial charge is 0.475 e. The van der Waals surface area contributed by atoms with Crippen molar-refractivity contribution in [2.75, 3.05) is 0 Å². The third kappa shape index (κ3) is 4.03. The van der Waals surface area contributed by atoms with Crippen molar-refractivity contribution in [1.29, 1.82) is 0 Å². The maximum atomic E-state index is 11.9. The summed E-state index contributed by atoms with van der Waals surface area (Å²) in [5, 5.41) is 5.67. The number of carbonyl (C=O) groups excluding carboxylic acids is 1. The Bertz CT molecular complexity index is 578. The van der Waals surface area contributed by atoms with Gasteiger partial charge in [0, 0.05) is 23.3 Å². The molecule has 2 heterocycles. The molecule has 2 aromatic heterocycles. The van der Waals surface area contributed by atoms with Crippen molar-refractivity contribution in [2.45, 2.75) is 33.4 Å². The number of ether oxygens (including phenoxy) is 1. The van der Waals surface area contributed by atoms with E-state index in [2.05, 4.69) is 15.3 Å². The summed E-state index contributed by atoms with van der Waals surface area (Å²) >= 11 is 1.53. The van der Waals surface area contributed by atoms with Crippen molar-refractivity contribution in [2.24, 2.45) is 0 Å². The fourth-order valence-corrected chi connectivity index (χ4v) is 2.28. The Morgan fingerprint density at radius 1 is 1.45 bits per heavy atom. The van der Waals surface area contributed by atoms with E-state index in [-0.39, 0.29) is 12.0 Å². The second kappa shape index (κ2) is 6.47. The van der Waals surface area contributed by atoms with Crippen LogP contribution in [0.15, 0.2) is 23.7 Å². The summed E-state index contributed by atoms with van der Waals surface area (Å²) in [5.74, 6) is 0.355. The predicted octanol–water partition coefficient (Wildman–Crippen LogP) is 2.56. The van der Waals surface area contributed by atoms with Gasteiger partial charge in [0.2, 0.25) is 5.88 Å². The van der Waals surface area contributed by atoms with Gasteiger partial charge in [-0.25, -0.2) is 9.97 Å². The summed E-state index contributed by atoms with van der Waals surface area (Å²) < 4.78 is 5.43. The summed E-state index contributed by atoms with van der Waals surface area (Å²) in [4.78, 5) is 20.3. The van der Waals surface area contributed by atoms with Crippen LogP contribution in [0.25, 0.3) is 0 Å². The Kier molecular flexibility index (Phi) is 4.68. The van der Waals surface area contributed by atoms with E-state index in [4.69, 9.17) is 4.74 Å². The highest BCUT2D eigenvalue weighted by Crippen LogP contribution is 2.11. The third-order valence-corrected chi connectivity index (χ3v) is 3.39. The number of aryl methyl sites for hydroxylation is 1. The molecule has 0 saturated heterocycles. The van der Waals surface area contributed by atoms with Crippen LogP contribution >= 0.6 is 11.3 Å². The normalized spacial score (nSPS) is 10.6. The average Bonchev–Trinajstić information content (AvgIpc) is 2.82. The van der Waals surface area contributed by atoms with Gasteiger partial charge in [-0.3, -0.25) is 4.79 Å². The van der Waals surface area contributed by atoms with Gasteiger partial charge in [0.05, 0.1) is 18.2 Å².